The quantitative estimate of drug-likeness (QED) is 0.588. The highest BCUT2D eigenvalue weighted by molar-refractivity contribution is 4.99. The van der Waals surface area contributed by atoms with E-state index < -0.39 is 0 Å². The van der Waals surface area contributed by atoms with Crippen molar-refractivity contribution >= 4 is 0 Å². The second-order valence-electron chi connectivity index (χ2n) is 1.95. The highest BCUT2D eigenvalue weighted by Crippen LogP contribution is 1.80. The van der Waals surface area contributed by atoms with Crippen molar-refractivity contribution in [3.05, 3.63) is 61.1 Å². The molecule has 0 spiro atoms. The van der Waals surface area contributed by atoms with Gasteiger partial charge in [-0.3, -0.25) is 0 Å². The zero-order valence-electron chi connectivity index (χ0n) is 6.68. The Balaban J connectivity index is 0.000000189. The molecule has 0 saturated carbocycles. The zero-order valence-corrected chi connectivity index (χ0v) is 6.68. The number of benzene rings is 1. The van der Waals surface area contributed by atoms with Crippen LogP contribution in [0.2, 0.25) is 0 Å². The smallest absolute Gasteiger partial charge is 0.0902 e. The van der Waals surface area contributed by atoms with Crippen molar-refractivity contribution in [3.63, 3.8) is 0 Å². The summed E-state index contributed by atoms with van der Waals surface area (Å²) in [6.07, 6.45) is 3.25. The van der Waals surface area contributed by atoms with Crippen molar-refractivity contribution in [2.75, 3.05) is 0 Å². The molecule has 0 aliphatic heterocycles. The maximum atomic E-state index is 4.58. The van der Waals surface area contributed by atoms with Crippen LogP contribution in [0.15, 0.2) is 65.5 Å². The molecule has 2 rings (SSSR count). The van der Waals surface area contributed by atoms with Gasteiger partial charge in [0.1, 0.15) is 0 Å². The van der Waals surface area contributed by atoms with E-state index in [1.54, 1.807) is 12.5 Å². The third-order valence-corrected chi connectivity index (χ3v) is 1.09. The number of hydrogen-bond acceptors (Lipinski definition) is 1. The summed E-state index contributed by atoms with van der Waals surface area (Å²) in [5.41, 5.74) is 0. The van der Waals surface area contributed by atoms with E-state index in [1.165, 1.54) is 0 Å². The van der Waals surface area contributed by atoms with Crippen LogP contribution in [0, 0.1) is 0 Å². The minimum atomic E-state index is 0. The molecule has 0 atom stereocenters. The first-order chi connectivity index (χ1) is 5.50. The van der Waals surface area contributed by atoms with Crippen molar-refractivity contribution < 1.29 is 9.89 Å². The number of rotatable bonds is 0. The van der Waals surface area contributed by atoms with Crippen molar-refractivity contribution in [2.24, 2.45) is 0 Å². The highest BCUT2D eigenvalue weighted by Gasteiger charge is 1.59. The fourth-order valence-electron chi connectivity index (χ4n) is 0.612. The molecule has 0 bridgehead atoms. The summed E-state index contributed by atoms with van der Waals surface area (Å²) in [5, 5.41) is 0. The van der Waals surface area contributed by atoms with Crippen LogP contribution in [0.4, 0.5) is 0 Å². The Morgan fingerprint density at radius 3 is 1.00 bits per heavy atom. The maximum absolute atomic E-state index is 4.58. The Bertz CT molecular complexity index is 194. The first-order valence-corrected chi connectivity index (χ1v) is 3.47. The van der Waals surface area contributed by atoms with Crippen LogP contribution in [0.1, 0.15) is 0 Å². The van der Waals surface area contributed by atoms with Crippen LogP contribution in [-0.4, -0.2) is 5.48 Å². The van der Waals surface area contributed by atoms with E-state index in [4.69, 9.17) is 0 Å². The van der Waals surface area contributed by atoms with Gasteiger partial charge in [0.15, 0.2) is 0 Å². The Morgan fingerprint density at radius 2 is 0.833 bits per heavy atom. The average Bonchev–Trinajstić information content (AvgIpc) is 2.64. The van der Waals surface area contributed by atoms with Crippen LogP contribution in [0.25, 0.3) is 0 Å². The summed E-state index contributed by atoms with van der Waals surface area (Å²) >= 11 is 0. The second kappa shape index (κ2) is 7.57. The predicted molar refractivity (Wildman–Crippen MR) is 48.8 cm³/mol. The van der Waals surface area contributed by atoms with Crippen LogP contribution < -0.4 is 0 Å². The zero-order chi connectivity index (χ0) is 7.78. The van der Waals surface area contributed by atoms with Crippen LogP contribution in [0.5, 0.6) is 0 Å². The summed E-state index contributed by atoms with van der Waals surface area (Å²) in [6.45, 7) is 0. The summed E-state index contributed by atoms with van der Waals surface area (Å²) in [7, 11) is 0. The average molecular weight is 164 g/mol. The normalized spacial score (nSPS) is 7.33. The molecule has 12 heavy (non-hydrogen) atoms. The van der Waals surface area contributed by atoms with Gasteiger partial charge >= 0.3 is 0 Å². The number of hydrogen-bond donors (Lipinski definition) is 0. The van der Waals surface area contributed by atoms with Gasteiger partial charge in [-0.15, -0.1) is 0 Å². The lowest BCUT2D eigenvalue weighted by Gasteiger charge is -1.69. The fraction of sp³-hybridized carbons (Fsp3) is 0. The monoisotopic (exact) mass is 164 g/mol. The molecular weight excluding hydrogens is 152 g/mol. The van der Waals surface area contributed by atoms with E-state index in [0.717, 1.165) is 0 Å². The Morgan fingerprint density at radius 1 is 0.500 bits per heavy atom. The van der Waals surface area contributed by atoms with Gasteiger partial charge < -0.3 is 9.89 Å². The van der Waals surface area contributed by atoms with Crippen molar-refractivity contribution in [1.82, 2.24) is 0 Å². The van der Waals surface area contributed by atoms with Crippen LogP contribution in [0.3, 0.4) is 0 Å². The third-order valence-electron chi connectivity index (χ3n) is 1.09. The van der Waals surface area contributed by atoms with E-state index in [2.05, 4.69) is 4.42 Å². The van der Waals surface area contributed by atoms with Gasteiger partial charge in [0, 0.05) is 0 Å². The molecular formula is C10H12O2. The second-order valence-corrected chi connectivity index (χ2v) is 1.95. The Kier molecular flexibility index (Phi) is 6.59. The molecule has 1 aromatic carbocycles. The Hall–Kier alpha value is -1.54. The molecule has 0 saturated heterocycles. The molecule has 0 unspecified atom stereocenters. The highest BCUT2D eigenvalue weighted by atomic mass is 16.3. The van der Waals surface area contributed by atoms with Crippen molar-refractivity contribution in [3.8, 4) is 0 Å². The van der Waals surface area contributed by atoms with Crippen molar-refractivity contribution in [2.45, 2.75) is 0 Å². The minimum absolute atomic E-state index is 0. The molecule has 0 aliphatic rings. The number of furan rings is 1. The van der Waals surface area contributed by atoms with E-state index in [1.807, 2.05) is 48.5 Å². The van der Waals surface area contributed by atoms with Gasteiger partial charge in [0.25, 0.3) is 0 Å². The van der Waals surface area contributed by atoms with Gasteiger partial charge in [-0.25, -0.2) is 0 Å². The van der Waals surface area contributed by atoms with Gasteiger partial charge in [-0.05, 0) is 12.1 Å². The molecule has 1 heterocycles. The van der Waals surface area contributed by atoms with Gasteiger partial charge in [-0.1, -0.05) is 36.4 Å². The molecule has 64 valence electrons. The summed E-state index contributed by atoms with van der Waals surface area (Å²) in [5.74, 6) is 0. The molecule has 0 radical (unpaired) electrons. The van der Waals surface area contributed by atoms with Gasteiger partial charge in [0.2, 0.25) is 0 Å². The maximum Gasteiger partial charge on any atom is 0.0902 e. The molecule has 0 fully saturated rings. The molecule has 0 aliphatic carbocycles. The van der Waals surface area contributed by atoms with Crippen LogP contribution in [-0.2, 0) is 0 Å². The summed E-state index contributed by atoms with van der Waals surface area (Å²) in [4.78, 5) is 0. The van der Waals surface area contributed by atoms with Gasteiger partial charge in [0.05, 0.1) is 12.5 Å². The minimum Gasteiger partial charge on any atom is -0.473 e. The molecule has 2 heteroatoms. The lowest BCUT2D eigenvalue weighted by Crippen LogP contribution is -1.47. The van der Waals surface area contributed by atoms with E-state index >= 15 is 0 Å². The van der Waals surface area contributed by atoms with E-state index in [9.17, 15) is 0 Å². The predicted octanol–water partition coefficient (Wildman–Crippen LogP) is 2.14. The molecule has 2 N–H and O–H groups in total. The fourth-order valence-corrected chi connectivity index (χ4v) is 0.612. The van der Waals surface area contributed by atoms with Crippen molar-refractivity contribution in [1.29, 1.82) is 0 Å². The Labute approximate surface area is 71.8 Å². The molecule has 0 amide bonds. The van der Waals surface area contributed by atoms with E-state index in [-0.39, 0.29) is 5.48 Å². The summed E-state index contributed by atoms with van der Waals surface area (Å²) < 4.78 is 4.58. The first-order valence-electron chi connectivity index (χ1n) is 3.47. The lowest BCUT2D eigenvalue weighted by molar-refractivity contribution is 0.567. The SMILES string of the molecule is O.c1ccccc1.c1ccoc1. The van der Waals surface area contributed by atoms with E-state index in [0.29, 0.717) is 0 Å². The molecule has 1 aromatic heterocycles. The third kappa shape index (κ3) is 5.26. The first kappa shape index (κ1) is 10.5. The lowest BCUT2D eigenvalue weighted by atomic mass is 10.4. The largest absolute Gasteiger partial charge is 0.473 e. The van der Waals surface area contributed by atoms with Crippen LogP contribution >= 0.6 is 0 Å². The van der Waals surface area contributed by atoms with Gasteiger partial charge in [-0.2, -0.15) is 0 Å². The summed E-state index contributed by atoms with van der Waals surface area (Å²) in [6, 6.07) is 15.7. The molecule has 2 aromatic rings. The topological polar surface area (TPSA) is 44.6 Å². The standard InChI is InChI=1S/C6H6.C4H4O.H2O/c1-2-4-6-5-3-1;1-2-4-5-3-1;/h1-6H;1-4H;1H2. The molecule has 2 nitrogen and oxygen atoms in total.